The monoisotopic (exact) mass is 439 g/mol. The lowest BCUT2D eigenvalue weighted by Crippen LogP contribution is -2.48. The summed E-state index contributed by atoms with van der Waals surface area (Å²) < 4.78 is 7.55. The molecule has 170 valence electrons. The molecular weight excluding hydrogens is 402 g/mol. The summed E-state index contributed by atoms with van der Waals surface area (Å²) in [6.45, 7) is 15.8. The molecule has 0 bridgehead atoms. The molecule has 2 amide bonds. The highest BCUT2D eigenvalue weighted by molar-refractivity contribution is 7.99. The van der Waals surface area contributed by atoms with Gasteiger partial charge in [0.25, 0.3) is 0 Å². The van der Waals surface area contributed by atoms with Crippen molar-refractivity contribution in [3.05, 3.63) is 6.33 Å². The van der Waals surface area contributed by atoms with E-state index in [0.717, 1.165) is 24.5 Å². The fourth-order valence-electron chi connectivity index (χ4n) is 3.44. The van der Waals surface area contributed by atoms with Crippen LogP contribution in [0.2, 0.25) is 0 Å². The Morgan fingerprint density at radius 3 is 2.60 bits per heavy atom. The number of thioether (sulfide) groups is 1. The van der Waals surface area contributed by atoms with E-state index in [4.69, 9.17) is 4.74 Å². The number of aromatic nitrogens is 3. The van der Waals surface area contributed by atoms with Gasteiger partial charge >= 0.3 is 6.09 Å². The number of amides is 2. The summed E-state index contributed by atoms with van der Waals surface area (Å²) in [5.74, 6) is 0.705. The van der Waals surface area contributed by atoms with Gasteiger partial charge in [0.05, 0.1) is 5.75 Å². The van der Waals surface area contributed by atoms with Gasteiger partial charge in [-0.15, -0.1) is 10.2 Å². The van der Waals surface area contributed by atoms with Crippen molar-refractivity contribution in [1.82, 2.24) is 24.6 Å². The molecule has 1 fully saturated rings. The van der Waals surface area contributed by atoms with Crippen LogP contribution >= 0.6 is 11.8 Å². The Bertz CT molecular complexity index is 714. The Morgan fingerprint density at radius 1 is 1.30 bits per heavy atom. The van der Waals surface area contributed by atoms with E-state index in [2.05, 4.69) is 24.0 Å². The van der Waals surface area contributed by atoms with Crippen LogP contribution in [-0.2, 0) is 9.53 Å². The lowest BCUT2D eigenvalue weighted by Gasteiger charge is -2.37. The van der Waals surface area contributed by atoms with Gasteiger partial charge < -0.3 is 19.1 Å². The molecule has 0 aliphatic carbocycles. The van der Waals surface area contributed by atoms with Gasteiger partial charge in [0.1, 0.15) is 11.9 Å². The van der Waals surface area contributed by atoms with Crippen molar-refractivity contribution >= 4 is 23.8 Å². The Hall–Kier alpha value is -1.77. The maximum Gasteiger partial charge on any atom is 0.410 e. The standard InChI is InChI=1S/C21H37N5O3S/c1-15(2)25(20(28)29-21(5,6)7)12-17-9-8-10-24(11-17)18(27)13-30-19-23-22-14-26(19)16(3)4/h14-17H,8-13H2,1-7H3. The number of ether oxygens (including phenoxy) is 1. The lowest BCUT2D eigenvalue weighted by molar-refractivity contribution is -0.130. The fraction of sp³-hybridized carbons (Fsp3) is 0.810. The molecule has 0 N–H and O–H groups in total. The third-order valence-corrected chi connectivity index (χ3v) is 5.94. The highest BCUT2D eigenvalue weighted by atomic mass is 32.2. The quantitative estimate of drug-likeness (QED) is 0.601. The van der Waals surface area contributed by atoms with Gasteiger partial charge in [0.15, 0.2) is 5.16 Å². The number of likely N-dealkylation sites (tertiary alicyclic amines) is 1. The van der Waals surface area contributed by atoms with E-state index in [9.17, 15) is 9.59 Å². The Morgan fingerprint density at radius 2 is 2.00 bits per heavy atom. The molecule has 1 atom stereocenters. The van der Waals surface area contributed by atoms with Crippen LogP contribution in [0.15, 0.2) is 11.5 Å². The molecule has 1 aromatic rings. The molecule has 8 nitrogen and oxygen atoms in total. The summed E-state index contributed by atoms with van der Waals surface area (Å²) in [6.07, 6.45) is 3.36. The third kappa shape index (κ3) is 7.18. The molecule has 1 aliphatic rings. The second-order valence-electron chi connectivity index (χ2n) is 9.48. The summed E-state index contributed by atoms with van der Waals surface area (Å²) in [4.78, 5) is 29.1. The normalized spacial score (nSPS) is 17.5. The topological polar surface area (TPSA) is 80.6 Å². The molecule has 0 aromatic carbocycles. The minimum absolute atomic E-state index is 0.0453. The Kier molecular flexibility index (Phi) is 8.58. The number of rotatable bonds is 7. The summed E-state index contributed by atoms with van der Waals surface area (Å²) in [6, 6.07) is 0.302. The molecule has 0 radical (unpaired) electrons. The van der Waals surface area contributed by atoms with Crippen LogP contribution in [-0.4, -0.2) is 73.6 Å². The van der Waals surface area contributed by atoms with Crippen molar-refractivity contribution in [3.63, 3.8) is 0 Å². The molecule has 0 saturated carbocycles. The predicted octanol–water partition coefficient (Wildman–Crippen LogP) is 3.84. The number of carbonyl (C=O) groups is 2. The van der Waals surface area contributed by atoms with Gasteiger partial charge in [0.2, 0.25) is 5.91 Å². The van der Waals surface area contributed by atoms with Gasteiger partial charge in [-0.1, -0.05) is 11.8 Å². The van der Waals surface area contributed by atoms with Gasteiger partial charge in [-0.05, 0) is 67.2 Å². The molecule has 30 heavy (non-hydrogen) atoms. The highest BCUT2D eigenvalue weighted by Crippen LogP contribution is 2.23. The van der Waals surface area contributed by atoms with Crippen molar-refractivity contribution in [2.75, 3.05) is 25.4 Å². The van der Waals surface area contributed by atoms with Gasteiger partial charge in [-0.3, -0.25) is 4.79 Å². The number of hydrogen-bond donors (Lipinski definition) is 0. The van der Waals surface area contributed by atoms with Crippen molar-refractivity contribution in [2.45, 2.75) is 84.1 Å². The zero-order valence-electron chi connectivity index (χ0n) is 19.4. The van der Waals surface area contributed by atoms with Gasteiger partial charge in [0, 0.05) is 31.7 Å². The molecular formula is C21H37N5O3S. The lowest BCUT2D eigenvalue weighted by atomic mass is 9.97. The molecule has 2 heterocycles. The molecule has 0 spiro atoms. The van der Waals surface area contributed by atoms with Crippen LogP contribution < -0.4 is 0 Å². The van der Waals surface area contributed by atoms with E-state index in [1.165, 1.54) is 11.8 Å². The summed E-state index contributed by atoms with van der Waals surface area (Å²) in [5, 5.41) is 8.85. The van der Waals surface area contributed by atoms with Crippen LogP contribution in [0.5, 0.6) is 0 Å². The van der Waals surface area contributed by atoms with E-state index < -0.39 is 5.60 Å². The maximum absolute atomic E-state index is 12.8. The van der Waals surface area contributed by atoms with Crippen LogP contribution in [0, 0.1) is 5.92 Å². The minimum Gasteiger partial charge on any atom is -0.444 e. The smallest absolute Gasteiger partial charge is 0.410 e. The first kappa shape index (κ1) is 24.5. The van der Waals surface area contributed by atoms with E-state index in [0.29, 0.717) is 18.8 Å². The van der Waals surface area contributed by atoms with Crippen molar-refractivity contribution in [1.29, 1.82) is 0 Å². The molecule has 1 aromatic heterocycles. The van der Waals surface area contributed by atoms with E-state index in [1.54, 1.807) is 11.2 Å². The molecule has 1 unspecified atom stereocenters. The first-order valence-corrected chi connectivity index (χ1v) is 11.8. The molecule has 1 saturated heterocycles. The highest BCUT2D eigenvalue weighted by Gasteiger charge is 2.30. The summed E-state index contributed by atoms with van der Waals surface area (Å²) in [7, 11) is 0. The van der Waals surface area contributed by atoms with Crippen molar-refractivity contribution in [2.24, 2.45) is 5.92 Å². The average molecular weight is 440 g/mol. The fourth-order valence-corrected chi connectivity index (χ4v) is 4.39. The summed E-state index contributed by atoms with van der Waals surface area (Å²) in [5.41, 5.74) is -0.521. The van der Waals surface area contributed by atoms with Crippen molar-refractivity contribution in [3.8, 4) is 0 Å². The SMILES string of the molecule is CC(C)N(CC1CCCN(C(=O)CSc2nncn2C(C)C)C1)C(=O)OC(C)(C)C. The second kappa shape index (κ2) is 10.5. The molecule has 2 rings (SSSR count). The number of nitrogens with zero attached hydrogens (tertiary/aromatic N) is 5. The third-order valence-electron chi connectivity index (χ3n) is 5.00. The first-order valence-electron chi connectivity index (χ1n) is 10.8. The predicted molar refractivity (Wildman–Crippen MR) is 119 cm³/mol. The number of hydrogen-bond acceptors (Lipinski definition) is 6. The Labute approximate surface area is 184 Å². The second-order valence-corrected chi connectivity index (χ2v) is 10.4. The zero-order valence-corrected chi connectivity index (χ0v) is 20.2. The molecule has 1 aliphatic heterocycles. The van der Waals surface area contributed by atoms with Crippen LogP contribution in [0.1, 0.15) is 67.3 Å². The van der Waals surface area contributed by atoms with Crippen LogP contribution in [0.3, 0.4) is 0 Å². The Balaban J connectivity index is 1.92. The van der Waals surface area contributed by atoms with Crippen LogP contribution in [0.4, 0.5) is 4.79 Å². The van der Waals surface area contributed by atoms with E-state index in [1.807, 2.05) is 44.1 Å². The van der Waals surface area contributed by atoms with E-state index in [-0.39, 0.29) is 30.0 Å². The average Bonchev–Trinajstić information content (AvgIpc) is 3.11. The largest absolute Gasteiger partial charge is 0.444 e. The van der Waals surface area contributed by atoms with Gasteiger partial charge in [-0.25, -0.2) is 4.79 Å². The minimum atomic E-state index is -0.521. The summed E-state index contributed by atoms with van der Waals surface area (Å²) >= 11 is 1.43. The molecule has 9 heteroatoms. The van der Waals surface area contributed by atoms with Crippen LogP contribution in [0.25, 0.3) is 0 Å². The van der Waals surface area contributed by atoms with E-state index >= 15 is 0 Å². The first-order chi connectivity index (χ1) is 14.0. The number of carbonyl (C=O) groups excluding carboxylic acids is 2. The van der Waals surface area contributed by atoms with Crippen molar-refractivity contribution < 1.29 is 14.3 Å². The maximum atomic E-state index is 12.8. The number of piperidine rings is 1. The van der Waals surface area contributed by atoms with Gasteiger partial charge in [-0.2, -0.15) is 0 Å². The zero-order chi connectivity index (χ0) is 22.5.